The molecule has 0 aromatic rings. The van der Waals surface area contributed by atoms with Crippen molar-refractivity contribution in [3.8, 4) is 0 Å². The zero-order chi connectivity index (χ0) is 13.1. The number of rotatable bonds is 2. The smallest absolute Gasteiger partial charge is 0.0223 e. The van der Waals surface area contributed by atoms with E-state index in [9.17, 15) is 0 Å². The van der Waals surface area contributed by atoms with Crippen molar-refractivity contribution in [2.75, 3.05) is 19.6 Å². The third-order valence-electron chi connectivity index (χ3n) is 6.12. The van der Waals surface area contributed by atoms with Crippen molar-refractivity contribution >= 4 is 0 Å². The minimum absolute atomic E-state index is 0.521. The highest BCUT2D eigenvalue weighted by Gasteiger charge is 2.37. The zero-order valence-electron chi connectivity index (χ0n) is 12.8. The molecule has 0 aromatic carbocycles. The Hall–Kier alpha value is -0.0800. The molecule has 0 aromatic heterocycles. The number of hydrogen-bond acceptors (Lipinski definition) is 2. The van der Waals surface area contributed by atoms with E-state index in [4.69, 9.17) is 0 Å². The zero-order valence-corrected chi connectivity index (χ0v) is 12.8. The summed E-state index contributed by atoms with van der Waals surface area (Å²) in [5, 5.41) is 3.83. The lowest BCUT2D eigenvalue weighted by atomic mass is 9.79. The molecule has 0 spiro atoms. The maximum Gasteiger partial charge on any atom is 0.0223 e. The van der Waals surface area contributed by atoms with Crippen LogP contribution >= 0.6 is 0 Å². The molecule has 110 valence electrons. The lowest BCUT2D eigenvalue weighted by Crippen LogP contribution is -2.60. The third-order valence-corrected chi connectivity index (χ3v) is 6.12. The Morgan fingerprint density at radius 2 is 1.63 bits per heavy atom. The first-order chi connectivity index (χ1) is 9.28. The summed E-state index contributed by atoms with van der Waals surface area (Å²) in [6.07, 6.45) is 14.6. The van der Waals surface area contributed by atoms with Crippen molar-refractivity contribution in [3.05, 3.63) is 0 Å². The molecule has 2 saturated carbocycles. The van der Waals surface area contributed by atoms with E-state index in [0.717, 1.165) is 12.0 Å². The van der Waals surface area contributed by atoms with E-state index in [1.54, 1.807) is 0 Å². The molecular formula is C17H32N2. The van der Waals surface area contributed by atoms with Crippen LogP contribution in [0.4, 0.5) is 0 Å². The highest BCUT2D eigenvalue weighted by atomic mass is 15.3. The molecule has 3 aliphatic rings. The first-order valence-corrected chi connectivity index (χ1v) is 8.76. The fraction of sp³-hybridized carbons (Fsp3) is 1.00. The fourth-order valence-electron chi connectivity index (χ4n) is 4.75. The SMILES string of the molecule is CC1(N2CCNC(C3CCCCC3)C2)CCCCC1. The molecule has 2 nitrogen and oxygen atoms in total. The second-order valence-corrected chi connectivity index (χ2v) is 7.46. The topological polar surface area (TPSA) is 15.3 Å². The van der Waals surface area contributed by atoms with Crippen LogP contribution in [0.2, 0.25) is 0 Å². The van der Waals surface area contributed by atoms with Gasteiger partial charge in [0.25, 0.3) is 0 Å². The van der Waals surface area contributed by atoms with Gasteiger partial charge in [0.1, 0.15) is 0 Å². The van der Waals surface area contributed by atoms with Crippen LogP contribution in [0.25, 0.3) is 0 Å². The van der Waals surface area contributed by atoms with E-state index in [2.05, 4.69) is 17.1 Å². The molecule has 1 heterocycles. The predicted molar refractivity (Wildman–Crippen MR) is 81.4 cm³/mol. The maximum atomic E-state index is 3.83. The van der Waals surface area contributed by atoms with Crippen molar-refractivity contribution in [1.29, 1.82) is 0 Å². The number of nitrogens with zero attached hydrogens (tertiary/aromatic N) is 1. The second kappa shape index (κ2) is 6.13. The molecule has 1 saturated heterocycles. The quantitative estimate of drug-likeness (QED) is 0.820. The van der Waals surface area contributed by atoms with Gasteiger partial charge in [-0.3, -0.25) is 4.90 Å². The van der Waals surface area contributed by atoms with Gasteiger partial charge in [0.05, 0.1) is 0 Å². The van der Waals surface area contributed by atoms with Gasteiger partial charge in [-0.05, 0) is 38.5 Å². The lowest BCUT2D eigenvalue weighted by Gasteiger charge is -2.49. The summed E-state index contributed by atoms with van der Waals surface area (Å²) >= 11 is 0. The van der Waals surface area contributed by atoms with E-state index in [1.165, 1.54) is 83.8 Å². The molecule has 1 unspecified atom stereocenters. The average molecular weight is 264 g/mol. The molecule has 0 radical (unpaired) electrons. The van der Waals surface area contributed by atoms with Crippen LogP contribution in [0, 0.1) is 5.92 Å². The van der Waals surface area contributed by atoms with E-state index >= 15 is 0 Å². The lowest BCUT2D eigenvalue weighted by molar-refractivity contribution is 0.0256. The monoisotopic (exact) mass is 264 g/mol. The van der Waals surface area contributed by atoms with Crippen LogP contribution < -0.4 is 5.32 Å². The highest BCUT2D eigenvalue weighted by Crippen LogP contribution is 2.35. The Morgan fingerprint density at radius 1 is 0.947 bits per heavy atom. The fourth-order valence-corrected chi connectivity index (χ4v) is 4.75. The Labute approximate surface area is 119 Å². The summed E-state index contributed by atoms with van der Waals surface area (Å²) in [5.41, 5.74) is 0.521. The minimum Gasteiger partial charge on any atom is -0.311 e. The molecular weight excluding hydrogens is 232 g/mol. The Morgan fingerprint density at radius 3 is 2.37 bits per heavy atom. The molecule has 0 bridgehead atoms. The Bertz CT molecular complexity index is 277. The Kier molecular flexibility index (Phi) is 4.48. The van der Waals surface area contributed by atoms with Crippen molar-refractivity contribution in [2.45, 2.75) is 82.7 Å². The van der Waals surface area contributed by atoms with E-state index < -0.39 is 0 Å². The minimum atomic E-state index is 0.521. The number of piperazine rings is 1. The van der Waals surface area contributed by atoms with Crippen LogP contribution in [-0.4, -0.2) is 36.1 Å². The molecule has 19 heavy (non-hydrogen) atoms. The molecule has 1 aliphatic heterocycles. The van der Waals surface area contributed by atoms with Crippen molar-refractivity contribution in [3.63, 3.8) is 0 Å². The summed E-state index contributed by atoms with van der Waals surface area (Å²) < 4.78 is 0. The van der Waals surface area contributed by atoms with Gasteiger partial charge >= 0.3 is 0 Å². The predicted octanol–water partition coefficient (Wildman–Crippen LogP) is 3.56. The highest BCUT2D eigenvalue weighted by molar-refractivity contribution is 4.95. The van der Waals surface area contributed by atoms with Gasteiger partial charge in [-0.15, -0.1) is 0 Å². The van der Waals surface area contributed by atoms with Gasteiger partial charge < -0.3 is 5.32 Å². The maximum absolute atomic E-state index is 3.83. The molecule has 0 amide bonds. The van der Waals surface area contributed by atoms with Gasteiger partial charge in [0, 0.05) is 31.2 Å². The van der Waals surface area contributed by atoms with Gasteiger partial charge in [-0.2, -0.15) is 0 Å². The second-order valence-electron chi connectivity index (χ2n) is 7.46. The standard InChI is InChI=1S/C17H32N2/c1-17(10-6-3-7-11-17)19-13-12-18-16(14-19)15-8-4-2-5-9-15/h15-16,18H,2-14H2,1H3. The largest absolute Gasteiger partial charge is 0.311 e. The van der Waals surface area contributed by atoms with Crippen LogP contribution in [-0.2, 0) is 0 Å². The van der Waals surface area contributed by atoms with E-state index in [1.807, 2.05) is 0 Å². The Balaban J connectivity index is 1.60. The van der Waals surface area contributed by atoms with Gasteiger partial charge in [-0.25, -0.2) is 0 Å². The normalized spacial score (nSPS) is 34.3. The summed E-state index contributed by atoms with van der Waals surface area (Å²) in [4.78, 5) is 2.85. The van der Waals surface area contributed by atoms with Crippen LogP contribution in [0.5, 0.6) is 0 Å². The third kappa shape index (κ3) is 3.16. The molecule has 2 aliphatic carbocycles. The van der Waals surface area contributed by atoms with Crippen LogP contribution in [0.3, 0.4) is 0 Å². The summed E-state index contributed by atoms with van der Waals surface area (Å²) in [5.74, 6) is 0.962. The first kappa shape index (κ1) is 13.9. The van der Waals surface area contributed by atoms with E-state index in [0.29, 0.717) is 5.54 Å². The average Bonchev–Trinajstić information content (AvgIpc) is 2.49. The van der Waals surface area contributed by atoms with Crippen molar-refractivity contribution < 1.29 is 0 Å². The van der Waals surface area contributed by atoms with E-state index in [-0.39, 0.29) is 0 Å². The van der Waals surface area contributed by atoms with Crippen LogP contribution in [0.15, 0.2) is 0 Å². The summed E-state index contributed by atoms with van der Waals surface area (Å²) in [7, 11) is 0. The van der Waals surface area contributed by atoms with Crippen molar-refractivity contribution in [2.24, 2.45) is 5.92 Å². The van der Waals surface area contributed by atoms with Crippen molar-refractivity contribution in [1.82, 2.24) is 10.2 Å². The van der Waals surface area contributed by atoms with Crippen LogP contribution in [0.1, 0.15) is 71.1 Å². The molecule has 3 fully saturated rings. The molecule has 3 rings (SSSR count). The molecule has 1 N–H and O–H groups in total. The summed E-state index contributed by atoms with van der Waals surface area (Å²) in [6, 6.07) is 0.785. The summed E-state index contributed by atoms with van der Waals surface area (Å²) in [6.45, 7) is 6.35. The van der Waals surface area contributed by atoms with Gasteiger partial charge in [-0.1, -0.05) is 38.5 Å². The van der Waals surface area contributed by atoms with Gasteiger partial charge in [0.2, 0.25) is 0 Å². The first-order valence-electron chi connectivity index (χ1n) is 8.76. The number of hydrogen-bond donors (Lipinski definition) is 1. The molecule has 1 atom stereocenters. The molecule has 2 heteroatoms. The number of nitrogens with one attached hydrogen (secondary N) is 1. The van der Waals surface area contributed by atoms with Gasteiger partial charge in [0.15, 0.2) is 0 Å².